The molecule has 1 atom stereocenters. The normalized spacial score (nSPS) is 18.7. The number of carbonyl (C=O) groups is 2. The molecule has 1 heterocycles. The van der Waals surface area contributed by atoms with Gasteiger partial charge in [0.15, 0.2) is 0 Å². The molecule has 2 rings (SSSR count). The van der Waals surface area contributed by atoms with Crippen molar-refractivity contribution in [3.63, 3.8) is 0 Å². The maximum atomic E-state index is 12.0. The van der Waals surface area contributed by atoms with E-state index in [0.717, 1.165) is 11.1 Å². The molecule has 102 valence electrons. The standard InChI is InChI=1S/C14H19N3O2/c1-17-7-6-12(14(17)19)16-13(18)8-10-4-2-3-5-11(10)9-15/h2-5,12H,6-9,15H2,1H3,(H,16,18). The second-order valence-corrected chi connectivity index (χ2v) is 4.82. The smallest absolute Gasteiger partial charge is 0.244 e. The molecule has 1 saturated heterocycles. The third kappa shape index (κ3) is 3.12. The van der Waals surface area contributed by atoms with Gasteiger partial charge in [-0.2, -0.15) is 0 Å². The highest BCUT2D eigenvalue weighted by molar-refractivity contribution is 5.89. The minimum atomic E-state index is -0.373. The van der Waals surface area contributed by atoms with Crippen LogP contribution >= 0.6 is 0 Å². The molecular weight excluding hydrogens is 242 g/mol. The first kappa shape index (κ1) is 13.5. The highest BCUT2D eigenvalue weighted by Gasteiger charge is 2.30. The molecule has 1 aromatic carbocycles. The summed E-state index contributed by atoms with van der Waals surface area (Å²) >= 11 is 0. The van der Waals surface area contributed by atoms with Gasteiger partial charge in [0.05, 0.1) is 6.42 Å². The minimum Gasteiger partial charge on any atom is -0.344 e. The Morgan fingerprint density at radius 2 is 2.11 bits per heavy atom. The van der Waals surface area contributed by atoms with Gasteiger partial charge in [0, 0.05) is 20.1 Å². The Bertz CT molecular complexity index is 487. The molecule has 0 spiro atoms. The van der Waals surface area contributed by atoms with E-state index in [1.807, 2.05) is 24.3 Å². The number of nitrogens with zero attached hydrogens (tertiary/aromatic N) is 1. The minimum absolute atomic E-state index is 0.0135. The van der Waals surface area contributed by atoms with Crippen LogP contribution in [0.1, 0.15) is 17.5 Å². The third-order valence-corrected chi connectivity index (χ3v) is 3.45. The molecule has 19 heavy (non-hydrogen) atoms. The quantitative estimate of drug-likeness (QED) is 0.803. The summed E-state index contributed by atoms with van der Waals surface area (Å²) in [7, 11) is 1.75. The third-order valence-electron chi connectivity index (χ3n) is 3.45. The van der Waals surface area contributed by atoms with Gasteiger partial charge >= 0.3 is 0 Å². The SMILES string of the molecule is CN1CCC(NC(=O)Cc2ccccc2CN)C1=O. The van der Waals surface area contributed by atoms with Gasteiger partial charge in [0.2, 0.25) is 11.8 Å². The molecular formula is C14H19N3O2. The van der Waals surface area contributed by atoms with E-state index in [2.05, 4.69) is 5.32 Å². The van der Waals surface area contributed by atoms with Gasteiger partial charge in [-0.15, -0.1) is 0 Å². The fourth-order valence-electron chi connectivity index (χ4n) is 2.30. The highest BCUT2D eigenvalue weighted by Crippen LogP contribution is 2.11. The van der Waals surface area contributed by atoms with Gasteiger partial charge in [-0.1, -0.05) is 24.3 Å². The predicted molar refractivity (Wildman–Crippen MR) is 72.2 cm³/mol. The number of hydrogen-bond acceptors (Lipinski definition) is 3. The lowest BCUT2D eigenvalue weighted by atomic mass is 10.0. The first-order valence-electron chi connectivity index (χ1n) is 6.43. The van der Waals surface area contributed by atoms with Crippen LogP contribution in [-0.4, -0.2) is 36.3 Å². The van der Waals surface area contributed by atoms with Crippen molar-refractivity contribution >= 4 is 11.8 Å². The van der Waals surface area contributed by atoms with Crippen LogP contribution in [0.25, 0.3) is 0 Å². The van der Waals surface area contributed by atoms with E-state index >= 15 is 0 Å². The molecule has 1 fully saturated rings. The Morgan fingerprint density at radius 3 is 2.68 bits per heavy atom. The number of nitrogens with one attached hydrogen (secondary N) is 1. The monoisotopic (exact) mass is 261 g/mol. The van der Waals surface area contributed by atoms with E-state index in [0.29, 0.717) is 19.5 Å². The fourth-order valence-corrected chi connectivity index (χ4v) is 2.30. The maximum absolute atomic E-state index is 12.0. The Hall–Kier alpha value is -1.88. The van der Waals surface area contributed by atoms with Crippen LogP contribution in [0.15, 0.2) is 24.3 Å². The molecule has 0 radical (unpaired) electrons. The molecule has 0 aromatic heterocycles. The largest absolute Gasteiger partial charge is 0.344 e. The fraction of sp³-hybridized carbons (Fsp3) is 0.429. The molecule has 5 nitrogen and oxygen atoms in total. The summed E-state index contributed by atoms with van der Waals surface area (Å²) in [6.45, 7) is 1.11. The van der Waals surface area contributed by atoms with E-state index in [9.17, 15) is 9.59 Å². The van der Waals surface area contributed by atoms with Crippen LogP contribution in [0.4, 0.5) is 0 Å². The molecule has 1 unspecified atom stereocenters. The number of hydrogen-bond donors (Lipinski definition) is 2. The van der Waals surface area contributed by atoms with E-state index in [-0.39, 0.29) is 24.3 Å². The van der Waals surface area contributed by atoms with Crippen molar-refractivity contribution in [1.29, 1.82) is 0 Å². The summed E-state index contributed by atoms with van der Waals surface area (Å²) in [4.78, 5) is 25.3. The molecule has 2 amide bonds. The van der Waals surface area contributed by atoms with Crippen LogP contribution in [0.5, 0.6) is 0 Å². The van der Waals surface area contributed by atoms with Gasteiger partial charge in [-0.25, -0.2) is 0 Å². The van der Waals surface area contributed by atoms with E-state index in [4.69, 9.17) is 5.73 Å². The van der Waals surface area contributed by atoms with Crippen molar-refractivity contribution < 1.29 is 9.59 Å². The average Bonchev–Trinajstić information content (AvgIpc) is 2.71. The molecule has 5 heteroatoms. The number of likely N-dealkylation sites (N-methyl/N-ethyl adjacent to an activating group) is 1. The van der Waals surface area contributed by atoms with Gasteiger partial charge in [-0.05, 0) is 17.5 Å². The molecule has 0 saturated carbocycles. The van der Waals surface area contributed by atoms with Crippen LogP contribution < -0.4 is 11.1 Å². The molecule has 0 aliphatic carbocycles. The molecule has 1 aliphatic rings. The number of likely N-dealkylation sites (tertiary alicyclic amines) is 1. The number of nitrogens with two attached hydrogens (primary N) is 1. The maximum Gasteiger partial charge on any atom is 0.244 e. The zero-order valence-electron chi connectivity index (χ0n) is 11.1. The summed E-state index contributed by atoms with van der Waals surface area (Å²) in [6.07, 6.45) is 0.945. The van der Waals surface area contributed by atoms with Crippen molar-refractivity contribution in [2.45, 2.75) is 25.4 Å². The molecule has 0 bridgehead atoms. The first-order chi connectivity index (χ1) is 9.11. The second-order valence-electron chi connectivity index (χ2n) is 4.82. The Kier molecular flexibility index (Phi) is 4.16. The van der Waals surface area contributed by atoms with Crippen LogP contribution in [0.2, 0.25) is 0 Å². The van der Waals surface area contributed by atoms with Crippen molar-refractivity contribution in [3.8, 4) is 0 Å². The number of rotatable bonds is 4. The summed E-state index contributed by atoms with van der Waals surface area (Å²) in [5.41, 5.74) is 7.52. The molecule has 1 aliphatic heterocycles. The number of amides is 2. The van der Waals surface area contributed by atoms with Crippen molar-refractivity contribution in [2.75, 3.05) is 13.6 Å². The van der Waals surface area contributed by atoms with Gasteiger partial charge in [-0.3, -0.25) is 9.59 Å². The van der Waals surface area contributed by atoms with Gasteiger partial charge < -0.3 is 16.0 Å². The Balaban J connectivity index is 1.96. The van der Waals surface area contributed by atoms with Crippen molar-refractivity contribution in [3.05, 3.63) is 35.4 Å². The number of carbonyl (C=O) groups excluding carboxylic acids is 2. The second kappa shape index (κ2) is 5.84. The van der Waals surface area contributed by atoms with E-state index < -0.39 is 0 Å². The molecule has 3 N–H and O–H groups in total. The van der Waals surface area contributed by atoms with Crippen LogP contribution in [-0.2, 0) is 22.6 Å². The van der Waals surface area contributed by atoms with E-state index in [1.54, 1.807) is 11.9 Å². The van der Waals surface area contributed by atoms with E-state index in [1.165, 1.54) is 0 Å². The molecule has 1 aromatic rings. The van der Waals surface area contributed by atoms with Gasteiger partial charge in [0.1, 0.15) is 6.04 Å². The number of benzene rings is 1. The lowest BCUT2D eigenvalue weighted by Gasteiger charge is -2.13. The lowest BCUT2D eigenvalue weighted by Crippen LogP contribution is -2.41. The average molecular weight is 261 g/mol. The van der Waals surface area contributed by atoms with Crippen molar-refractivity contribution in [2.24, 2.45) is 5.73 Å². The predicted octanol–water partition coefficient (Wildman–Crippen LogP) is 0.0347. The zero-order chi connectivity index (χ0) is 13.8. The van der Waals surface area contributed by atoms with Crippen molar-refractivity contribution in [1.82, 2.24) is 10.2 Å². The lowest BCUT2D eigenvalue weighted by molar-refractivity contribution is -0.131. The Labute approximate surface area is 112 Å². The summed E-state index contributed by atoms with van der Waals surface area (Å²) in [5.74, 6) is -0.144. The summed E-state index contributed by atoms with van der Waals surface area (Å²) in [5, 5.41) is 2.79. The van der Waals surface area contributed by atoms with Crippen LogP contribution in [0.3, 0.4) is 0 Å². The van der Waals surface area contributed by atoms with Crippen LogP contribution in [0, 0.1) is 0 Å². The zero-order valence-corrected chi connectivity index (χ0v) is 11.1. The Morgan fingerprint density at radius 1 is 1.42 bits per heavy atom. The summed E-state index contributed by atoms with van der Waals surface area (Å²) < 4.78 is 0. The van der Waals surface area contributed by atoms with Gasteiger partial charge in [0.25, 0.3) is 0 Å². The topological polar surface area (TPSA) is 75.4 Å². The first-order valence-corrected chi connectivity index (χ1v) is 6.43. The summed E-state index contributed by atoms with van der Waals surface area (Å²) in [6, 6.07) is 7.22. The highest BCUT2D eigenvalue weighted by atomic mass is 16.2.